The lowest BCUT2D eigenvalue weighted by atomic mass is 10.1. The normalized spacial score (nSPS) is 13.0. The van der Waals surface area contributed by atoms with Crippen molar-refractivity contribution in [1.82, 2.24) is 5.32 Å². The van der Waals surface area contributed by atoms with Crippen molar-refractivity contribution in [2.45, 2.75) is 45.6 Å². The lowest BCUT2D eigenvalue weighted by Gasteiger charge is -2.15. The smallest absolute Gasteiger partial charge is 0.0843 e. The fourth-order valence-electron chi connectivity index (χ4n) is 1.72. The molecular weight excluding hydrogens is 350 g/mol. The monoisotopic (exact) mass is 367 g/mol. The molecule has 0 radical (unpaired) electrons. The Hall–Kier alpha value is 0.620. The Morgan fingerprint density at radius 3 is 2.56 bits per heavy atom. The summed E-state index contributed by atoms with van der Waals surface area (Å²) in [7, 11) is 0. The third kappa shape index (κ3) is 4.47. The van der Waals surface area contributed by atoms with E-state index in [4.69, 9.17) is 0 Å². The third-order valence-corrected chi connectivity index (χ3v) is 5.92. The molecule has 92 valence electrons. The van der Waals surface area contributed by atoms with Gasteiger partial charge in [0, 0.05) is 15.4 Å². The van der Waals surface area contributed by atoms with Crippen LogP contribution in [0.5, 0.6) is 0 Å². The zero-order valence-electron chi connectivity index (χ0n) is 9.85. The van der Waals surface area contributed by atoms with E-state index in [0.717, 1.165) is 6.54 Å². The van der Waals surface area contributed by atoms with Gasteiger partial charge < -0.3 is 5.32 Å². The maximum atomic E-state index is 3.57. The first kappa shape index (κ1) is 14.7. The van der Waals surface area contributed by atoms with Crippen LogP contribution < -0.4 is 5.32 Å². The molecule has 0 aliphatic heterocycles. The molecule has 0 aliphatic rings. The molecule has 0 saturated heterocycles. The Bertz CT molecular complexity index is 292. The zero-order chi connectivity index (χ0) is 12.0. The molecule has 0 spiro atoms. The molecule has 1 rings (SSSR count). The molecule has 0 aliphatic carbocycles. The van der Waals surface area contributed by atoms with E-state index < -0.39 is 0 Å². The fourth-order valence-corrected chi connectivity index (χ4v) is 3.92. The number of rotatable bonds is 7. The summed E-state index contributed by atoms with van der Waals surface area (Å²) in [5, 5.41) is 3.57. The van der Waals surface area contributed by atoms with Crippen LogP contribution in [0, 0.1) is 0 Å². The largest absolute Gasteiger partial charge is 0.310 e. The molecule has 1 unspecified atom stereocenters. The van der Waals surface area contributed by atoms with Gasteiger partial charge in [-0.15, -0.1) is 11.3 Å². The van der Waals surface area contributed by atoms with Crippen LogP contribution in [0.25, 0.3) is 0 Å². The minimum absolute atomic E-state index is 0.518. The minimum Gasteiger partial charge on any atom is -0.310 e. The van der Waals surface area contributed by atoms with Gasteiger partial charge in [-0.3, -0.25) is 0 Å². The van der Waals surface area contributed by atoms with Crippen LogP contribution in [0.1, 0.15) is 50.4 Å². The summed E-state index contributed by atoms with van der Waals surface area (Å²) in [6, 6.07) is 2.75. The highest BCUT2D eigenvalue weighted by Crippen LogP contribution is 2.36. The van der Waals surface area contributed by atoms with Crippen molar-refractivity contribution in [3.8, 4) is 0 Å². The second-order valence-electron chi connectivity index (χ2n) is 3.88. The highest BCUT2D eigenvalue weighted by atomic mass is 79.9. The molecule has 0 amide bonds. The van der Waals surface area contributed by atoms with Crippen molar-refractivity contribution in [1.29, 1.82) is 0 Å². The minimum atomic E-state index is 0.518. The van der Waals surface area contributed by atoms with Crippen LogP contribution >= 0.6 is 43.2 Å². The van der Waals surface area contributed by atoms with Gasteiger partial charge in [0.05, 0.1) is 3.79 Å². The number of hydrogen-bond acceptors (Lipinski definition) is 2. The molecule has 1 N–H and O–H groups in total. The number of halogens is 2. The zero-order valence-corrected chi connectivity index (χ0v) is 13.8. The van der Waals surface area contributed by atoms with Gasteiger partial charge in [0.15, 0.2) is 0 Å². The summed E-state index contributed by atoms with van der Waals surface area (Å²) < 4.78 is 2.37. The van der Waals surface area contributed by atoms with Gasteiger partial charge >= 0.3 is 0 Å². The van der Waals surface area contributed by atoms with Gasteiger partial charge in [0.1, 0.15) is 0 Å². The summed E-state index contributed by atoms with van der Waals surface area (Å²) in [4.78, 5) is 1.43. The Balaban J connectivity index is 2.61. The van der Waals surface area contributed by atoms with E-state index in [0.29, 0.717) is 6.04 Å². The molecule has 1 atom stereocenters. The molecule has 4 heteroatoms. The van der Waals surface area contributed by atoms with Crippen molar-refractivity contribution in [2.75, 3.05) is 6.54 Å². The molecule has 0 aromatic carbocycles. The Morgan fingerprint density at radius 1 is 1.31 bits per heavy atom. The number of unbranched alkanes of at least 4 members (excludes halogenated alkanes) is 2. The lowest BCUT2D eigenvalue weighted by molar-refractivity contribution is 0.493. The predicted octanol–water partition coefficient (Wildman–Crippen LogP) is 5.50. The predicted molar refractivity (Wildman–Crippen MR) is 80.3 cm³/mol. The number of nitrogens with one attached hydrogen (secondary N) is 1. The average Bonchev–Trinajstić information content (AvgIpc) is 2.58. The van der Waals surface area contributed by atoms with Gasteiger partial charge in [-0.05, 0) is 50.9 Å². The third-order valence-electron chi connectivity index (χ3n) is 2.55. The van der Waals surface area contributed by atoms with Crippen molar-refractivity contribution in [2.24, 2.45) is 0 Å². The van der Waals surface area contributed by atoms with Crippen LogP contribution in [0.15, 0.2) is 14.3 Å². The quantitative estimate of drug-likeness (QED) is 0.626. The van der Waals surface area contributed by atoms with E-state index in [-0.39, 0.29) is 0 Å². The van der Waals surface area contributed by atoms with E-state index in [2.05, 4.69) is 57.1 Å². The van der Waals surface area contributed by atoms with E-state index in [1.165, 1.54) is 38.8 Å². The van der Waals surface area contributed by atoms with Gasteiger partial charge in [0.25, 0.3) is 0 Å². The van der Waals surface area contributed by atoms with Crippen molar-refractivity contribution >= 4 is 43.2 Å². The molecule has 0 fully saturated rings. The number of thiophene rings is 1. The van der Waals surface area contributed by atoms with Crippen LogP contribution in [-0.4, -0.2) is 6.54 Å². The summed E-state index contributed by atoms with van der Waals surface area (Å²) in [5.74, 6) is 0. The SMILES string of the molecule is CCCCCC(NCC)c1cc(Br)c(Br)s1. The van der Waals surface area contributed by atoms with Crippen LogP contribution in [-0.2, 0) is 0 Å². The van der Waals surface area contributed by atoms with Crippen molar-refractivity contribution in [3.05, 3.63) is 19.2 Å². The summed E-state index contributed by atoms with van der Waals surface area (Å²) in [6.07, 6.45) is 5.16. The Kier molecular flexibility index (Phi) is 7.20. The molecule has 0 bridgehead atoms. The highest BCUT2D eigenvalue weighted by molar-refractivity contribution is 9.13. The van der Waals surface area contributed by atoms with Crippen LogP contribution in [0.2, 0.25) is 0 Å². The average molecular weight is 369 g/mol. The molecule has 1 heterocycles. The Labute approximate surface area is 119 Å². The van der Waals surface area contributed by atoms with Crippen LogP contribution in [0.3, 0.4) is 0 Å². The first-order valence-corrected chi connectivity index (χ1v) is 8.27. The highest BCUT2D eigenvalue weighted by Gasteiger charge is 2.14. The van der Waals surface area contributed by atoms with Gasteiger partial charge in [0.2, 0.25) is 0 Å². The maximum Gasteiger partial charge on any atom is 0.0843 e. The van der Waals surface area contributed by atoms with Crippen molar-refractivity contribution < 1.29 is 0 Å². The van der Waals surface area contributed by atoms with Gasteiger partial charge in [-0.2, -0.15) is 0 Å². The molecule has 1 aromatic rings. The first-order valence-electron chi connectivity index (χ1n) is 5.87. The second kappa shape index (κ2) is 7.85. The van der Waals surface area contributed by atoms with Gasteiger partial charge in [-0.1, -0.05) is 33.1 Å². The summed E-state index contributed by atoms with van der Waals surface area (Å²) in [5.41, 5.74) is 0. The number of hydrogen-bond donors (Lipinski definition) is 1. The van der Waals surface area contributed by atoms with Crippen molar-refractivity contribution in [3.63, 3.8) is 0 Å². The molecular formula is C12H19Br2NS. The van der Waals surface area contributed by atoms with E-state index in [1.54, 1.807) is 0 Å². The second-order valence-corrected chi connectivity index (χ2v) is 7.13. The standard InChI is InChI=1S/C12H19Br2NS/c1-3-5-6-7-10(15-4-2)11-8-9(13)12(14)16-11/h8,10,15H,3-7H2,1-2H3. The van der Waals surface area contributed by atoms with E-state index in [1.807, 2.05) is 11.3 Å². The summed E-state index contributed by atoms with van der Waals surface area (Å²) >= 11 is 8.94. The molecule has 1 nitrogen and oxygen atoms in total. The molecule has 0 saturated carbocycles. The van der Waals surface area contributed by atoms with Crippen LogP contribution in [0.4, 0.5) is 0 Å². The van der Waals surface area contributed by atoms with E-state index >= 15 is 0 Å². The van der Waals surface area contributed by atoms with E-state index in [9.17, 15) is 0 Å². The van der Waals surface area contributed by atoms with Gasteiger partial charge in [-0.25, -0.2) is 0 Å². The topological polar surface area (TPSA) is 12.0 Å². The Morgan fingerprint density at radius 2 is 2.06 bits per heavy atom. The molecule has 1 aromatic heterocycles. The maximum absolute atomic E-state index is 3.57. The summed E-state index contributed by atoms with van der Waals surface area (Å²) in [6.45, 7) is 5.45. The fraction of sp³-hybridized carbons (Fsp3) is 0.667. The molecule has 16 heavy (non-hydrogen) atoms. The first-order chi connectivity index (χ1) is 7.69. The lowest BCUT2D eigenvalue weighted by Crippen LogP contribution is -2.19.